The van der Waals surface area contributed by atoms with Gasteiger partial charge in [-0.1, -0.05) is 24.3 Å². The lowest BCUT2D eigenvalue weighted by molar-refractivity contribution is 0.0943. The van der Waals surface area contributed by atoms with Gasteiger partial charge in [-0.3, -0.25) is 4.79 Å². The third-order valence-electron chi connectivity index (χ3n) is 2.46. The summed E-state index contributed by atoms with van der Waals surface area (Å²) in [6.07, 6.45) is 0. The van der Waals surface area contributed by atoms with E-state index in [0.29, 0.717) is 10.4 Å². The van der Waals surface area contributed by atoms with Crippen molar-refractivity contribution in [1.29, 1.82) is 0 Å². The summed E-state index contributed by atoms with van der Waals surface area (Å²) in [4.78, 5) is 12.4. The van der Waals surface area contributed by atoms with Gasteiger partial charge in [0.25, 0.3) is 5.91 Å². The number of nitrogens with one attached hydrogen (secondary N) is 1. The number of hydrogen-bond acceptors (Lipinski definition) is 2. The first-order chi connectivity index (χ1) is 8.18. The van der Waals surface area contributed by atoms with Crippen molar-refractivity contribution in [3.05, 3.63) is 58.0 Å². The molecule has 0 fully saturated rings. The highest BCUT2D eigenvalue weighted by molar-refractivity contribution is 7.12. The molecule has 2 nitrogen and oxygen atoms in total. The first kappa shape index (κ1) is 11.8. The summed E-state index contributed by atoms with van der Waals surface area (Å²) in [5, 5.41) is 4.61. The molecule has 0 spiro atoms. The minimum absolute atomic E-state index is 0.171. The second-order valence-electron chi connectivity index (χ2n) is 3.69. The number of rotatable bonds is 3. The Kier molecular flexibility index (Phi) is 3.54. The van der Waals surface area contributed by atoms with Gasteiger partial charge in [0.2, 0.25) is 0 Å². The number of hydrogen-bond donors (Lipinski definition) is 1. The van der Waals surface area contributed by atoms with Gasteiger partial charge >= 0.3 is 0 Å². The molecule has 1 heterocycles. The van der Waals surface area contributed by atoms with Gasteiger partial charge in [-0.05, 0) is 24.4 Å². The van der Waals surface area contributed by atoms with Gasteiger partial charge in [0, 0.05) is 5.56 Å². The molecule has 1 N–H and O–H groups in total. The summed E-state index contributed by atoms with van der Waals surface area (Å²) in [6.45, 7) is 1.77. The highest BCUT2D eigenvalue weighted by Gasteiger charge is 2.14. The average molecular weight is 249 g/mol. The van der Waals surface area contributed by atoms with Crippen LogP contribution < -0.4 is 5.32 Å². The maximum absolute atomic E-state index is 13.5. The smallest absolute Gasteiger partial charge is 0.261 e. The molecular weight excluding hydrogens is 237 g/mol. The maximum Gasteiger partial charge on any atom is 0.261 e. The third kappa shape index (κ3) is 2.71. The van der Waals surface area contributed by atoms with Crippen LogP contribution in [-0.4, -0.2) is 5.91 Å². The number of thiophene rings is 1. The van der Waals surface area contributed by atoms with Crippen LogP contribution in [0.1, 0.15) is 28.2 Å². The fraction of sp³-hybridized carbons (Fsp3) is 0.154. The van der Waals surface area contributed by atoms with Crippen molar-refractivity contribution in [2.24, 2.45) is 0 Å². The van der Waals surface area contributed by atoms with E-state index in [2.05, 4.69) is 5.32 Å². The Labute approximate surface area is 103 Å². The molecular formula is C13H12FNOS. The fourth-order valence-corrected chi connectivity index (χ4v) is 2.21. The molecule has 1 aromatic heterocycles. The first-order valence-electron chi connectivity index (χ1n) is 5.27. The normalized spacial score (nSPS) is 12.1. The lowest BCUT2D eigenvalue weighted by atomic mass is 10.1. The number of halogens is 1. The molecule has 17 heavy (non-hydrogen) atoms. The second kappa shape index (κ2) is 5.10. The van der Waals surface area contributed by atoms with Gasteiger partial charge in [-0.25, -0.2) is 4.39 Å². The van der Waals surface area contributed by atoms with E-state index < -0.39 is 0 Å². The monoisotopic (exact) mass is 249 g/mol. The van der Waals surface area contributed by atoms with E-state index in [1.165, 1.54) is 17.4 Å². The lowest BCUT2D eigenvalue weighted by Gasteiger charge is -2.14. The SMILES string of the molecule is C[C@@H](NC(=O)c1cccs1)c1ccccc1F. The molecule has 4 heteroatoms. The van der Waals surface area contributed by atoms with E-state index >= 15 is 0 Å². The zero-order valence-corrected chi connectivity index (χ0v) is 10.1. The molecule has 0 aliphatic rings. The fourth-order valence-electron chi connectivity index (χ4n) is 1.58. The minimum Gasteiger partial charge on any atom is -0.345 e. The minimum atomic E-state index is -0.342. The van der Waals surface area contributed by atoms with E-state index in [-0.39, 0.29) is 17.8 Å². The zero-order chi connectivity index (χ0) is 12.3. The Morgan fingerprint density at radius 3 is 2.71 bits per heavy atom. The lowest BCUT2D eigenvalue weighted by Crippen LogP contribution is -2.26. The van der Waals surface area contributed by atoms with Gasteiger partial charge in [0.1, 0.15) is 5.82 Å². The summed E-state index contributed by atoms with van der Waals surface area (Å²) in [5.41, 5.74) is 0.498. The first-order valence-corrected chi connectivity index (χ1v) is 6.15. The Morgan fingerprint density at radius 1 is 1.29 bits per heavy atom. The molecule has 88 valence electrons. The molecule has 0 bridgehead atoms. The molecule has 0 radical (unpaired) electrons. The van der Waals surface area contributed by atoms with Crippen molar-refractivity contribution in [2.75, 3.05) is 0 Å². The predicted molar refractivity (Wildman–Crippen MR) is 66.6 cm³/mol. The Morgan fingerprint density at radius 2 is 2.06 bits per heavy atom. The highest BCUT2D eigenvalue weighted by Crippen LogP contribution is 2.17. The summed E-state index contributed by atoms with van der Waals surface area (Å²) < 4.78 is 13.5. The van der Waals surface area contributed by atoms with Gasteiger partial charge in [0.15, 0.2) is 0 Å². The predicted octanol–water partition coefficient (Wildman–Crippen LogP) is 3.38. The average Bonchev–Trinajstić information content (AvgIpc) is 2.82. The van der Waals surface area contributed by atoms with Gasteiger partial charge < -0.3 is 5.32 Å². The van der Waals surface area contributed by atoms with Gasteiger partial charge in [-0.15, -0.1) is 11.3 Å². The molecule has 1 aromatic carbocycles. The quantitative estimate of drug-likeness (QED) is 0.887. The molecule has 0 unspecified atom stereocenters. The molecule has 2 rings (SSSR count). The molecule has 1 atom stereocenters. The molecule has 0 aliphatic carbocycles. The van der Waals surface area contributed by atoms with Crippen LogP contribution in [0.2, 0.25) is 0 Å². The van der Waals surface area contributed by atoms with Crippen molar-refractivity contribution >= 4 is 17.2 Å². The van der Waals surface area contributed by atoms with Crippen LogP contribution in [-0.2, 0) is 0 Å². The van der Waals surface area contributed by atoms with Crippen LogP contribution in [0.4, 0.5) is 4.39 Å². The second-order valence-corrected chi connectivity index (χ2v) is 4.64. The summed E-state index contributed by atoms with van der Waals surface area (Å²) in [7, 11) is 0. The van der Waals surface area contributed by atoms with Crippen molar-refractivity contribution in [3.63, 3.8) is 0 Å². The van der Waals surface area contributed by atoms with E-state index in [1.807, 2.05) is 11.4 Å². The van der Waals surface area contributed by atoms with Gasteiger partial charge in [0.05, 0.1) is 10.9 Å². The molecule has 0 aliphatic heterocycles. The van der Waals surface area contributed by atoms with Crippen LogP contribution in [0.15, 0.2) is 41.8 Å². The number of benzene rings is 1. The van der Waals surface area contributed by atoms with Crippen LogP contribution >= 0.6 is 11.3 Å². The van der Waals surface area contributed by atoms with E-state index in [4.69, 9.17) is 0 Å². The highest BCUT2D eigenvalue weighted by atomic mass is 32.1. The van der Waals surface area contributed by atoms with Crippen molar-refractivity contribution in [1.82, 2.24) is 5.32 Å². The van der Waals surface area contributed by atoms with E-state index in [0.717, 1.165) is 0 Å². The Hall–Kier alpha value is -1.68. The standard InChI is InChI=1S/C13H12FNOS/c1-9(10-5-2-3-6-11(10)14)15-13(16)12-7-4-8-17-12/h2-9H,1H3,(H,15,16)/t9-/m1/s1. The van der Waals surface area contributed by atoms with Crippen molar-refractivity contribution < 1.29 is 9.18 Å². The van der Waals surface area contributed by atoms with E-state index in [1.54, 1.807) is 31.2 Å². The summed E-state index contributed by atoms with van der Waals surface area (Å²) >= 11 is 1.37. The molecule has 0 saturated heterocycles. The van der Waals surface area contributed by atoms with Crippen LogP contribution in [0.25, 0.3) is 0 Å². The molecule has 0 saturated carbocycles. The number of carbonyl (C=O) groups is 1. The summed E-state index contributed by atoms with van der Waals surface area (Å²) in [6, 6.07) is 9.67. The Bertz CT molecular complexity index is 510. The number of amides is 1. The largest absolute Gasteiger partial charge is 0.345 e. The van der Waals surface area contributed by atoms with Crippen LogP contribution in [0.5, 0.6) is 0 Å². The summed E-state index contributed by atoms with van der Waals surface area (Å²) in [5.74, 6) is -0.470. The van der Waals surface area contributed by atoms with Crippen molar-refractivity contribution in [3.8, 4) is 0 Å². The van der Waals surface area contributed by atoms with Crippen LogP contribution in [0, 0.1) is 5.82 Å². The topological polar surface area (TPSA) is 29.1 Å². The van der Waals surface area contributed by atoms with Crippen LogP contribution in [0.3, 0.4) is 0 Å². The molecule has 2 aromatic rings. The van der Waals surface area contributed by atoms with Gasteiger partial charge in [-0.2, -0.15) is 0 Å². The van der Waals surface area contributed by atoms with Crippen molar-refractivity contribution in [2.45, 2.75) is 13.0 Å². The zero-order valence-electron chi connectivity index (χ0n) is 9.31. The third-order valence-corrected chi connectivity index (χ3v) is 3.33. The Balaban J connectivity index is 2.10. The number of carbonyl (C=O) groups excluding carboxylic acids is 1. The molecule has 1 amide bonds. The maximum atomic E-state index is 13.5. The van der Waals surface area contributed by atoms with E-state index in [9.17, 15) is 9.18 Å².